The minimum absolute atomic E-state index is 0.0255. The summed E-state index contributed by atoms with van der Waals surface area (Å²) in [6, 6.07) is -0.370. The number of carbonyl (C=O) groups excluding carboxylic acids is 1. The fraction of sp³-hybridized carbons (Fsp3) is 0.857. The number of amides is 1. The van der Waals surface area contributed by atoms with Crippen LogP contribution in [-0.2, 0) is 4.79 Å². The SMILES string of the molecule is CC(C)CNC(=O)C(C)N=C(N)C1CCCCC1. The van der Waals surface area contributed by atoms with Gasteiger partial charge in [-0.15, -0.1) is 0 Å². The van der Waals surface area contributed by atoms with Crippen LogP contribution in [-0.4, -0.2) is 24.3 Å². The van der Waals surface area contributed by atoms with Crippen LogP contribution < -0.4 is 11.1 Å². The highest BCUT2D eigenvalue weighted by molar-refractivity contribution is 5.88. The van der Waals surface area contributed by atoms with Crippen LogP contribution in [0.15, 0.2) is 4.99 Å². The highest BCUT2D eigenvalue weighted by Gasteiger charge is 2.19. The summed E-state index contributed by atoms with van der Waals surface area (Å²) < 4.78 is 0. The summed E-state index contributed by atoms with van der Waals surface area (Å²) in [6.07, 6.45) is 6.00. The predicted octanol–water partition coefficient (Wildman–Crippen LogP) is 2.08. The van der Waals surface area contributed by atoms with Gasteiger partial charge in [0.1, 0.15) is 6.04 Å². The molecule has 1 unspecified atom stereocenters. The maximum Gasteiger partial charge on any atom is 0.244 e. The summed E-state index contributed by atoms with van der Waals surface area (Å²) in [5.74, 6) is 1.49. The van der Waals surface area contributed by atoms with E-state index in [1.54, 1.807) is 0 Å². The molecule has 1 atom stereocenters. The first-order valence-corrected chi connectivity index (χ1v) is 7.11. The van der Waals surface area contributed by atoms with Crippen molar-refractivity contribution in [3.8, 4) is 0 Å². The van der Waals surface area contributed by atoms with E-state index in [4.69, 9.17) is 5.73 Å². The molecular formula is C14H27N3O. The molecule has 4 heteroatoms. The van der Waals surface area contributed by atoms with Crippen LogP contribution in [0.5, 0.6) is 0 Å². The van der Waals surface area contributed by atoms with E-state index in [9.17, 15) is 4.79 Å². The molecule has 1 amide bonds. The van der Waals surface area contributed by atoms with E-state index in [-0.39, 0.29) is 11.9 Å². The van der Waals surface area contributed by atoms with E-state index in [1.165, 1.54) is 19.3 Å². The van der Waals surface area contributed by atoms with Gasteiger partial charge in [0.25, 0.3) is 0 Å². The molecule has 4 nitrogen and oxygen atoms in total. The van der Waals surface area contributed by atoms with Crippen molar-refractivity contribution in [2.24, 2.45) is 22.6 Å². The van der Waals surface area contributed by atoms with Crippen LogP contribution in [0.3, 0.4) is 0 Å². The summed E-state index contributed by atoms with van der Waals surface area (Å²) in [7, 11) is 0. The van der Waals surface area contributed by atoms with Gasteiger partial charge in [0, 0.05) is 12.5 Å². The topological polar surface area (TPSA) is 67.5 Å². The Hall–Kier alpha value is -1.06. The molecule has 1 rings (SSSR count). The van der Waals surface area contributed by atoms with Gasteiger partial charge in [-0.3, -0.25) is 9.79 Å². The van der Waals surface area contributed by atoms with E-state index < -0.39 is 0 Å². The zero-order valence-electron chi connectivity index (χ0n) is 11.9. The number of amidine groups is 1. The van der Waals surface area contributed by atoms with Crippen molar-refractivity contribution >= 4 is 11.7 Å². The molecule has 3 N–H and O–H groups in total. The third kappa shape index (κ3) is 5.07. The van der Waals surface area contributed by atoms with Gasteiger partial charge in [-0.2, -0.15) is 0 Å². The molecular weight excluding hydrogens is 226 g/mol. The fourth-order valence-electron chi connectivity index (χ4n) is 2.24. The molecule has 0 radical (unpaired) electrons. The molecule has 104 valence electrons. The Balaban J connectivity index is 2.44. The van der Waals surface area contributed by atoms with Crippen molar-refractivity contribution in [3.05, 3.63) is 0 Å². The fourth-order valence-corrected chi connectivity index (χ4v) is 2.24. The van der Waals surface area contributed by atoms with Crippen LogP contribution in [0.25, 0.3) is 0 Å². The molecule has 1 saturated carbocycles. The van der Waals surface area contributed by atoms with E-state index in [0.29, 0.717) is 24.2 Å². The number of nitrogens with zero attached hydrogens (tertiary/aromatic N) is 1. The van der Waals surface area contributed by atoms with E-state index in [1.807, 2.05) is 6.92 Å². The van der Waals surface area contributed by atoms with Crippen LogP contribution in [0.4, 0.5) is 0 Å². The summed E-state index contributed by atoms with van der Waals surface area (Å²) in [5.41, 5.74) is 6.01. The quantitative estimate of drug-likeness (QED) is 0.582. The van der Waals surface area contributed by atoms with Crippen molar-refractivity contribution in [2.75, 3.05) is 6.54 Å². The molecule has 0 aliphatic heterocycles. The maximum absolute atomic E-state index is 11.8. The Bertz CT molecular complexity index is 293. The zero-order chi connectivity index (χ0) is 13.5. The number of nitrogens with one attached hydrogen (secondary N) is 1. The van der Waals surface area contributed by atoms with E-state index >= 15 is 0 Å². The van der Waals surface area contributed by atoms with Gasteiger partial charge in [0.05, 0.1) is 5.84 Å². The average molecular weight is 253 g/mol. The highest BCUT2D eigenvalue weighted by Crippen LogP contribution is 2.23. The van der Waals surface area contributed by atoms with Crippen LogP contribution in [0.1, 0.15) is 52.9 Å². The average Bonchev–Trinajstić information content (AvgIpc) is 2.36. The summed E-state index contributed by atoms with van der Waals surface area (Å²) >= 11 is 0. The largest absolute Gasteiger partial charge is 0.387 e. The number of rotatable bonds is 5. The minimum Gasteiger partial charge on any atom is -0.387 e. The molecule has 0 spiro atoms. The number of aliphatic imine (C=N–C) groups is 1. The Labute approximate surface area is 110 Å². The third-order valence-electron chi connectivity index (χ3n) is 3.43. The monoisotopic (exact) mass is 253 g/mol. The van der Waals surface area contributed by atoms with Gasteiger partial charge in [-0.25, -0.2) is 0 Å². The van der Waals surface area contributed by atoms with Crippen LogP contribution in [0, 0.1) is 11.8 Å². The first-order chi connectivity index (χ1) is 8.50. The first kappa shape index (κ1) is 15.0. The molecule has 0 bridgehead atoms. The van der Waals surface area contributed by atoms with Gasteiger partial charge < -0.3 is 11.1 Å². The summed E-state index contributed by atoms with van der Waals surface area (Å²) in [6.45, 7) is 6.66. The predicted molar refractivity (Wildman–Crippen MR) is 75.5 cm³/mol. The summed E-state index contributed by atoms with van der Waals surface area (Å²) in [5, 5.41) is 2.89. The molecule has 18 heavy (non-hydrogen) atoms. The van der Waals surface area contributed by atoms with Gasteiger partial charge in [0.2, 0.25) is 5.91 Å². The van der Waals surface area contributed by atoms with Crippen LogP contribution in [0.2, 0.25) is 0 Å². The molecule has 0 aromatic heterocycles. The number of nitrogens with two attached hydrogens (primary N) is 1. The lowest BCUT2D eigenvalue weighted by molar-refractivity contribution is -0.122. The smallest absolute Gasteiger partial charge is 0.244 e. The molecule has 0 heterocycles. The molecule has 1 aliphatic rings. The van der Waals surface area contributed by atoms with Gasteiger partial charge in [-0.1, -0.05) is 33.1 Å². The normalized spacial score (nSPS) is 19.9. The summed E-state index contributed by atoms with van der Waals surface area (Å²) in [4.78, 5) is 16.2. The third-order valence-corrected chi connectivity index (χ3v) is 3.43. The second-order valence-electron chi connectivity index (χ2n) is 5.70. The molecule has 1 fully saturated rings. The number of hydrogen-bond donors (Lipinski definition) is 2. The number of hydrogen-bond acceptors (Lipinski definition) is 2. The van der Waals surface area contributed by atoms with Gasteiger partial charge in [0.15, 0.2) is 0 Å². The van der Waals surface area contributed by atoms with Crippen molar-refractivity contribution in [3.63, 3.8) is 0 Å². The Morgan fingerprint density at radius 1 is 1.28 bits per heavy atom. The molecule has 0 saturated heterocycles. The second kappa shape index (κ2) is 7.39. The lowest BCUT2D eigenvalue weighted by Crippen LogP contribution is -2.36. The number of carbonyl (C=O) groups is 1. The Morgan fingerprint density at radius 3 is 2.44 bits per heavy atom. The molecule has 1 aliphatic carbocycles. The van der Waals surface area contributed by atoms with Crippen LogP contribution >= 0.6 is 0 Å². The molecule has 0 aromatic rings. The maximum atomic E-state index is 11.8. The first-order valence-electron chi connectivity index (χ1n) is 7.11. The van der Waals surface area contributed by atoms with Gasteiger partial charge in [-0.05, 0) is 25.7 Å². The Morgan fingerprint density at radius 2 is 1.89 bits per heavy atom. The highest BCUT2D eigenvalue weighted by atomic mass is 16.2. The van der Waals surface area contributed by atoms with E-state index in [2.05, 4.69) is 24.2 Å². The standard InChI is InChI=1S/C14H27N3O/c1-10(2)9-16-14(18)11(3)17-13(15)12-7-5-4-6-8-12/h10-12H,4-9H2,1-3H3,(H2,15,17)(H,16,18). The Kier molecular flexibility index (Phi) is 6.16. The zero-order valence-corrected chi connectivity index (χ0v) is 11.9. The lowest BCUT2D eigenvalue weighted by atomic mass is 9.88. The molecule has 0 aromatic carbocycles. The minimum atomic E-state index is -0.370. The van der Waals surface area contributed by atoms with Crippen molar-refractivity contribution in [1.82, 2.24) is 5.32 Å². The second-order valence-corrected chi connectivity index (χ2v) is 5.70. The van der Waals surface area contributed by atoms with E-state index in [0.717, 1.165) is 12.8 Å². The van der Waals surface area contributed by atoms with Crippen molar-refractivity contribution in [2.45, 2.75) is 58.9 Å². The van der Waals surface area contributed by atoms with Crippen molar-refractivity contribution < 1.29 is 4.79 Å². The lowest BCUT2D eigenvalue weighted by Gasteiger charge is -2.21. The van der Waals surface area contributed by atoms with Gasteiger partial charge >= 0.3 is 0 Å². The van der Waals surface area contributed by atoms with Crippen molar-refractivity contribution in [1.29, 1.82) is 0 Å².